The lowest BCUT2D eigenvalue weighted by atomic mass is 10.0. The van der Waals surface area contributed by atoms with Crippen LogP contribution in [0, 0.1) is 0 Å². The lowest BCUT2D eigenvalue weighted by Gasteiger charge is -2.20. The topological polar surface area (TPSA) is 88.8 Å². The zero-order valence-corrected chi connectivity index (χ0v) is 18.3. The highest BCUT2D eigenvalue weighted by Gasteiger charge is 2.19. The molecule has 1 atom stereocenters. The van der Waals surface area contributed by atoms with Gasteiger partial charge in [-0.2, -0.15) is 0 Å². The highest BCUT2D eigenvalue weighted by molar-refractivity contribution is 5.93. The number of methoxy groups -OCH3 is 1. The minimum absolute atomic E-state index is 0.212. The van der Waals surface area contributed by atoms with Crippen molar-refractivity contribution in [3.05, 3.63) is 108 Å². The molecule has 2 aromatic heterocycles. The van der Waals surface area contributed by atoms with Crippen LogP contribution in [-0.2, 0) is 0 Å². The van der Waals surface area contributed by atoms with Gasteiger partial charge in [-0.15, -0.1) is 0 Å². The second-order valence-electron chi connectivity index (χ2n) is 7.86. The summed E-state index contributed by atoms with van der Waals surface area (Å²) in [4.78, 5) is 12.4. The Labute approximate surface area is 192 Å². The van der Waals surface area contributed by atoms with E-state index in [2.05, 4.69) is 57.8 Å². The Balaban J connectivity index is 1.54. The first-order chi connectivity index (χ1) is 16.2. The molecule has 0 fully saturated rings. The summed E-state index contributed by atoms with van der Waals surface area (Å²) < 4.78 is 5.47. The van der Waals surface area contributed by atoms with Crippen molar-refractivity contribution in [1.29, 1.82) is 0 Å². The van der Waals surface area contributed by atoms with Crippen LogP contribution in [0.4, 0.5) is 11.5 Å². The van der Waals surface area contributed by atoms with Gasteiger partial charge in [-0.3, -0.25) is 0 Å². The smallest absolute Gasteiger partial charge is 0.133 e. The number of nitrogens with two attached hydrogens (primary N) is 1. The molecule has 2 heterocycles. The summed E-state index contributed by atoms with van der Waals surface area (Å²) in [6.45, 7) is 0. The Kier molecular flexibility index (Phi) is 5.64. The molecule has 0 bridgehead atoms. The van der Waals surface area contributed by atoms with Gasteiger partial charge >= 0.3 is 0 Å². The second kappa shape index (κ2) is 9.04. The zero-order valence-electron chi connectivity index (χ0n) is 18.3. The molecule has 6 nitrogen and oxygen atoms in total. The monoisotopic (exact) mass is 435 g/mol. The lowest BCUT2D eigenvalue weighted by Crippen LogP contribution is -2.14. The van der Waals surface area contributed by atoms with Crippen LogP contribution in [0.15, 0.2) is 91.3 Å². The summed E-state index contributed by atoms with van der Waals surface area (Å²) in [5.74, 6) is 2.14. The van der Waals surface area contributed by atoms with Crippen LogP contribution in [0.25, 0.3) is 16.3 Å². The number of rotatable bonds is 6. The van der Waals surface area contributed by atoms with E-state index in [-0.39, 0.29) is 6.04 Å². The normalized spacial score (nSPS) is 14.0. The molecule has 2 aromatic carbocycles. The van der Waals surface area contributed by atoms with Crippen molar-refractivity contribution in [3.8, 4) is 5.75 Å². The van der Waals surface area contributed by atoms with Gasteiger partial charge in [0.05, 0.1) is 19.0 Å². The number of nitrogens with zero attached hydrogens (tertiary/aromatic N) is 2. The molecule has 164 valence electrons. The van der Waals surface area contributed by atoms with Crippen molar-refractivity contribution < 1.29 is 4.74 Å². The van der Waals surface area contributed by atoms with Crippen LogP contribution in [0.5, 0.6) is 5.75 Å². The SMILES string of the molecule is COc1cccc(C(Nc2ccc3c(N)nccc3c2)c2ncc(C3=CC=CCC=C3)[nH]2)c1. The minimum Gasteiger partial charge on any atom is -0.497 e. The highest BCUT2D eigenvalue weighted by atomic mass is 16.5. The van der Waals surface area contributed by atoms with Crippen molar-refractivity contribution in [2.75, 3.05) is 18.2 Å². The van der Waals surface area contributed by atoms with E-state index in [1.54, 1.807) is 13.3 Å². The first kappa shape index (κ1) is 20.6. The van der Waals surface area contributed by atoms with E-state index in [1.807, 2.05) is 42.6 Å². The average Bonchev–Trinajstić information content (AvgIpc) is 3.17. The molecule has 0 amide bonds. The van der Waals surface area contributed by atoms with Gasteiger partial charge in [0.2, 0.25) is 0 Å². The van der Waals surface area contributed by atoms with Crippen molar-refractivity contribution in [1.82, 2.24) is 15.0 Å². The van der Waals surface area contributed by atoms with Gasteiger partial charge in [0, 0.05) is 17.3 Å². The third kappa shape index (κ3) is 4.36. The fraction of sp³-hybridized carbons (Fsp3) is 0.111. The summed E-state index contributed by atoms with van der Waals surface area (Å²) >= 11 is 0. The molecule has 1 aliphatic rings. The first-order valence-corrected chi connectivity index (χ1v) is 10.8. The molecule has 6 heteroatoms. The number of benzene rings is 2. The molecule has 0 radical (unpaired) electrons. The number of hydrogen-bond donors (Lipinski definition) is 3. The molecule has 1 unspecified atom stereocenters. The number of hydrogen-bond acceptors (Lipinski definition) is 5. The number of imidazole rings is 1. The Morgan fingerprint density at radius 2 is 2.03 bits per heavy atom. The van der Waals surface area contributed by atoms with Crippen molar-refractivity contribution in [2.24, 2.45) is 0 Å². The van der Waals surface area contributed by atoms with Crippen LogP contribution in [0.2, 0.25) is 0 Å². The molecule has 5 rings (SSSR count). The summed E-state index contributed by atoms with van der Waals surface area (Å²) in [6, 6.07) is 15.8. The van der Waals surface area contributed by atoms with Crippen LogP contribution in [0.3, 0.4) is 0 Å². The lowest BCUT2D eigenvalue weighted by molar-refractivity contribution is 0.414. The third-order valence-corrected chi connectivity index (χ3v) is 5.69. The molecule has 1 aliphatic carbocycles. The van der Waals surface area contributed by atoms with Gasteiger partial charge in [-0.25, -0.2) is 9.97 Å². The summed E-state index contributed by atoms with van der Waals surface area (Å²) in [7, 11) is 1.67. The molecule has 4 aromatic rings. The number of anilines is 2. The molecule has 0 saturated carbocycles. The standard InChI is InChI=1S/C27H25N5O/c1-33-22-10-6-9-20(16-22)25(27-30-17-24(32-27)18-7-4-2-3-5-8-18)31-21-11-12-23-19(15-21)13-14-29-26(23)28/h2,4-17,25,31H,3H2,1H3,(H2,28,29)(H,30,32). The Hall–Kier alpha value is -4.32. The number of H-pyrrole nitrogens is 1. The largest absolute Gasteiger partial charge is 0.497 e. The van der Waals surface area contributed by atoms with E-state index >= 15 is 0 Å². The molecule has 4 N–H and O–H groups in total. The summed E-state index contributed by atoms with van der Waals surface area (Å²) in [5.41, 5.74) is 10.1. The van der Waals surface area contributed by atoms with Crippen molar-refractivity contribution >= 4 is 27.9 Å². The molecule has 33 heavy (non-hydrogen) atoms. The third-order valence-electron chi connectivity index (χ3n) is 5.69. The van der Waals surface area contributed by atoms with Gasteiger partial charge in [-0.05, 0) is 59.3 Å². The maximum Gasteiger partial charge on any atom is 0.133 e. The number of fused-ring (bicyclic) bond motifs is 1. The molecule has 0 saturated heterocycles. The van der Waals surface area contributed by atoms with Crippen molar-refractivity contribution in [3.63, 3.8) is 0 Å². The van der Waals surface area contributed by atoms with E-state index in [9.17, 15) is 0 Å². The fourth-order valence-corrected chi connectivity index (χ4v) is 3.98. The maximum atomic E-state index is 6.03. The molecule has 0 spiro atoms. The van der Waals surface area contributed by atoms with E-state index in [4.69, 9.17) is 15.5 Å². The predicted octanol–water partition coefficient (Wildman–Crippen LogP) is 5.65. The van der Waals surface area contributed by atoms with E-state index in [0.717, 1.165) is 51.3 Å². The van der Waals surface area contributed by atoms with Gasteiger partial charge in [0.15, 0.2) is 0 Å². The molecule has 0 aliphatic heterocycles. The summed E-state index contributed by atoms with van der Waals surface area (Å²) in [6.07, 6.45) is 15.1. The van der Waals surface area contributed by atoms with Crippen molar-refractivity contribution in [2.45, 2.75) is 12.5 Å². The van der Waals surface area contributed by atoms with E-state index < -0.39 is 0 Å². The fourth-order valence-electron chi connectivity index (χ4n) is 3.98. The number of aromatic nitrogens is 3. The summed E-state index contributed by atoms with van der Waals surface area (Å²) in [5, 5.41) is 5.60. The number of aromatic amines is 1. The van der Waals surface area contributed by atoms with Crippen LogP contribution in [-0.4, -0.2) is 22.1 Å². The number of ether oxygens (including phenoxy) is 1. The van der Waals surface area contributed by atoms with Gasteiger partial charge < -0.3 is 20.8 Å². The highest BCUT2D eigenvalue weighted by Crippen LogP contribution is 2.30. The Morgan fingerprint density at radius 3 is 2.94 bits per heavy atom. The molecular formula is C27H25N5O. The van der Waals surface area contributed by atoms with Crippen LogP contribution < -0.4 is 15.8 Å². The Morgan fingerprint density at radius 1 is 1.09 bits per heavy atom. The number of pyridine rings is 1. The van der Waals surface area contributed by atoms with E-state index in [1.165, 1.54) is 0 Å². The Bertz CT molecular complexity index is 1380. The second-order valence-corrected chi connectivity index (χ2v) is 7.86. The van der Waals surface area contributed by atoms with E-state index in [0.29, 0.717) is 5.82 Å². The van der Waals surface area contributed by atoms with Crippen LogP contribution in [0.1, 0.15) is 29.5 Å². The van der Waals surface area contributed by atoms with Gasteiger partial charge in [0.25, 0.3) is 0 Å². The number of allylic oxidation sites excluding steroid dienone is 6. The van der Waals surface area contributed by atoms with Gasteiger partial charge in [0.1, 0.15) is 23.4 Å². The maximum absolute atomic E-state index is 6.03. The molecular weight excluding hydrogens is 410 g/mol. The predicted molar refractivity (Wildman–Crippen MR) is 134 cm³/mol. The quantitative estimate of drug-likeness (QED) is 0.364. The zero-order chi connectivity index (χ0) is 22.6. The number of nitrogen functional groups attached to an aromatic ring is 1. The van der Waals surface area contributed by atoms with Gasteiger partial charge in [-0.1, -0.05) is 42.5 Å². The average molecular weight is 436 g/mol. The first-order valence-electron chi connectivity index (χ1n) is 10.8. The number of nitrogens with one attached hydrogen (secondary N) is 2. The van der Waals surface area contributed by atoms with Crippen LogP contribution >= 0.6 is 0 Å². The minimum atomic E-state index is -0.212.